The van der Waals surface area contributed by atoms with Gasteiger partial charge in [-0.15, -0.1) is 11.3 Å². The molecule has 0 aliphatic rings. The fraction of sp³-hybridized carbons (Fsp3) is 0.188. The number of carboxylic acid groups (broad SMARTS) is 1. The monoisotopic (exact) mass is 333 g/mol. The van der Waals surface area contributed by atoms with Crippen molar-refractivity contribution < 1.29 is 24.2 Å². The molecule has 0 spiro atoms. The van der Waals surface area contributed by atoms with E-state index in [1.807, 2.05) is 6.07 Å². The number of ether oxygens (including phenoxy) is 2. The summed E-state index contributed by atoms with van der Waals surface area (Å²) in [5.41, 5.74) is 0.829. The summed E-state index contributed by atoms with van der Waals surface area (Å²) in [5.74, 6) is -0.972. The van der Waals surface area contributed by atoms with Crippen LogP contribution in [0.1, 0.15) is 27.2 Å². The van der Waals surface area contributed by atoms with Gasteiger partial charge in [0.15, 0.2) is 6.10 Å². The van der Waals surface area contributed by atoms with Crippen molar-refractivity contribution in [3.8, 4) is 5.75 Å². The van der Waals surface area contributed by atoms with Crippen molar-refractivity contribution in [2.45, 2.75) is 13.0 Å². The molecule has 0 aliphatic heterocycles. The van der Waals surface area contributed by atoms with Crippen LogP contribution in [0.15, 0.2) is 30.5 Å². The number of nitrogens with zero attached hydrogens (tertiary/aromatic N) is 1. The minimum absolute atomic E-state index is 0.416. The number of carbonyl (C=O) groups excluding carboxylic acids is 1. The molecule has 1 atom stereocenters. The Morgan fingerprint density at radius 3 is 2.83 bits per heavy atom. The smallest absolute Gasteiger partial charge is 0.349 e. The minimum atomic E-state index is -1.02. The molecular weight excluding hydrogens is 318 g/mol. The third-order valence-electron chi connectivity index (χ3n) is 2.85. The van der Waals surface area contributed by atoms with Gasteiger partial charge in [0, 0.05) is 0 Å². The second-order valence-corrected chi connectivity index (χ2v) is 5.62. The summed E-state index contributed by atoms with van der Waals surface area (Å²) in [6, 6.07) is 7.04. The Hall–Kier alpha value is -2.67. The molecular formula is C16H15NO5S. The number of carboxylic acids is 1. The number of benzene rings is 1. The Kier molecular flexibility index (Phi) is 5.48. The number of thiazole rings is 1. The molecule has 0 aliphatic carbocycles. The molecule has 120 valence electrons. The van der Waals surface area contributed by atoms with Crippen molar-refractivity contribution >= 4 is 35.4 Å². The predicted octanol–water partition coefficient (Wildman–Crippen LogP) is 2.95. The topological polar surface area (TPSA) is 85.7 Å². The quantitative estimate of drug-likeness (QED) is 0.818. The summed E-state index contributed by atoms with van der Waals surface area (Å²) < 4.78 is 9.94. The van der Waals surface area contributed by atoms with Crippen molar-refractivity contribution in [1.29, 1.82) is 0 Å². The predicted molar refractivity (Wildman–Crippen MR) is 86.5 cm³/mol. The molecule has 1 heterocycles. The molecule has 23 heavy (non-hydrogen) atoms. The average Bonchev–Trinajstić information content (AvgIpc) is 3.01. The maximum atomic E-state index is 11.4. The number of aliphatic carboxylic acids is 1. The van der Waals surface area contributed by atoms with E-state index in [0.29, 0.717) is 15.6 Å². The molecule has 0 unspecified atom stereocenters. The van der Waals surface area contributed by atoms with Crippen LogP contribution in [-0.2, 0) is 9.53 Å². The number of hydrogen-bond donors (Lipinski definition) is 1. The molecule has 0 amide bonds. The van der Waals surface area contributed by atoms with Gasteiger partial charge in [0.25, 0.3) is 0 Å². The Labute approximate surface area is 137 Å². The number of carbonyl (C=O) groups is 2. The number of aromatic nitrogens is 1. The molecule has 6 nitrogen and oxygen atoms in total. The molecule has 0 saturated heterocycles. The Morgan fingerprint density at radius 1 is 1.35 bits per heavy atom. The zero-order chi connectivity index (χ0) is 16.8. The highest BCUT2D eigenvalue weighted by Crippen LogP contribution is 2.19. The van der Waals surface area contributed by atoms with Gasteiger partial charge in [-0.2, -0.15) is 0 Å². The first-order chi connectivity index (χ1) is 11.0. The second kappa shape index (κ2) is 7.55. The van der Waals surface area contributed by atoms with Crippen molar-refractivity contribution in [2.75, 3.05) is 7.11 Å². The second-order valence-electron chi connectivity index (χ2n) is 4.56. The van der Waals surface area contributed by atoms with Crippen LogP contribution in [0.3, 0.4) is 0 Å². The van der Waals surface area contributed by atoms with Crippen LogP contribution < -0.4 is 4.74 Å². The van der Waals surface area contributed by atoms with Gasteiger partial charge < -0.3 is 14.6 Å². The highest BCUT2D eigenvalue weighted by Gasteiger charge is 2.12. The Bertz CT molecular complexity index is 738. The number of hydrogen-bond acceptors (Lipinski definition) is 6. The largest absolute Gasteiger partial charge is 0.479 e. The third-order valence-corrected chi connectivity index (χ3v) is 3.79. The van der Waals surface area contributed by atoms with Gasteiger partial charge in [0.2, 0.25) is 0 Å². The first-order valence-electron chi connectivity index (χ1n) is 6.71. The summed E-state index contributed by atoms with van der Waals surface area (Å²) in [6.07, 6.45) is 4.11. The summed E-state index contributed by atoms with van der Waals surface area (Å²) in [4.78, 5) is 26.7. The lowest BCUT2D eigenvalue weighted by Crippen LogP contribution is -2.22. The SMILES string of the molecule is COC(=O)c1cnc(/C=C/c2cccc(O[C@H](C)C(=O)O)c2)s1. The lowest BCUT2D eigenvalue weighted by molar-refractivity contribution is -0.144. The van der Waals surface area contributed by atoms with Crippen LogP contribution in [0, 0.1) is 0 Å². The van der Waals surface area contributed by atoms with E-state index in [9.17, 15) is 9.59 Å². The molecule has 0 bridgehead atoms. The zero-order valence-electron chi connectivity index (χ0n) is 12.6. The zero-order valence-corrected chi connectivity index (χ0v) is 13.4. The first kappa shape index (κ1) is 16.7. The third kappa shape index (κ3) is 4.65. The lowest BCUT2D eigenvalue weighted by atomic mass is 10.2. The minimum Gasteiger partial charge on any atom is -0.479 e. The van der Waals surface area contributed by atoms with Crippen LogP contribution in [0.2, 0.25) is 0 Å². The highest BCUT2D eigenvalue weighted by atomic mass is 32.1. The van der Waals surface area contributed by atoms with E-state index in [-0.39, 0.29) is 0 Å². The average molecular weight is 333 g/mol. The van der Waals surface area contributed by atoms with Crippen molar-refractivity contribution in [3.05, 3.63) is 45.9 Å². The van der Waals surface area contributed by atoms with E-state index in [2.05, 4.69) is 9.72 Å². The standard InChI is InChI=1S/C16H15NO5S/c1-10(15(18)19)22-12-5-3-4-11(8-12)6-7-14-17-9-13(23-14)16(20)21-2/h3-10H,1-2H3,(H,18,19)/b7-6+/t10-/m1/s1. The van der Waals surface area contributed by atoms with Crippen LogP contribution in [-0.4, -0.2) is 35.2 Å². The fourth-order valence-electron chi connectivity index (χ4n) is 1.67. The van der Waals surface area contributed by atoms with Crippen LogP contribution in [0.4, 0.5) is 0 Å². The molecule has 0 fully saturated rings. The van der Waals surface area contributed by atoms with Crippen molar-refractivity contribution in [3.63, 3.8) is 0 Å². The van der Waals surface area contributed by atoms with Crippen LogP contribution in [0.5, 0.6) is 5.75 Å². The summed E-state index contributed by atoms with van der Waals surface area (Å²) in [7, 11) is 1.32. The van der Waals surface area contributed by atoms with E-state index in [1.165, 1.54) is 31.6 Å². The normalized spacial score (nSPS) is 12.1. The van der Waals surface area contributed by atoms with E-state index in [1.54, 1.807) is 30.4 Å². The molecule has 1 aromatic carbocycles. The van der Waals surface area contributed by atoms with E-state index < -0.39 is 18.0 Å². The molecule has 7 heteroatoms. The molecule has 1 aromatic heterocycles. The lowest BCUT2D eigenvalue weighted by Gasteiger charge is -2.10. The molecule has 0 saturated carbocycles. The van der Waals surface area contributed by atoms with Gasteiger partial charge in [-0.1, -0.05) is 18.2 Å². The molecule has 2 rings (SSSR count). The van der Waals surface area contributed by atoms with Crippen LogP contribution in [0.25, 0.3) is 12.2 Å². The van der Waals surface area contributed by atoms with Crippen LogP contribution >= 0.6 is 11.3 Å². The molecule has 0 radical (unpaired) electrons. The van der Waals surface area contributed by atoms with Crippen molar-refractivity contribution in [1.82, 2.24) is 4.98 Å². The highest BCUT2D eigenvalue weighted by molar-refractivity contribution is 7.14. The van der Waals surface area contributed by atoms with Gasteiger partial charge in [0.1, 0.15) is 15.6 Å². The number of esters is 1. The fourth-order valence-corrected chi connectivity index (χ4v) is 2.41. The summed E-state index contributed by atoms with van der Waals surface area (Å²) in [5, 5.41) is 9.51. The molecule has 1 N–H and O–H groups in total. The van der Waals surface area contributed by atoms with Gasteiger partial charge in [-0.3, -0.25) is 0 Å². The Balaban J connectivity index is 2.09. The number of rotatable bonds is 6. The van der Waals surface area contributed by atoms with Gasteiger partial charge in [0.05, 0.1) is 13.3 Å². The van der Waals surface area contributed by atoms with Gasteiger partial charge in [-0.05, 0) is 30.7 Å². The maximum absolute atomic E-state index is 11.4. The Morgan fingerprint density at radius 2 is 2.13 bits per heavy atom. The first-order valence-corrected chi connectivity index (χ1v) is 7.53. The van der Waals surface area contributed by atoms with E-state index >= 15 is 0 Å². The van der Waals surface area contributed by atoms with E-state index in [0.717, 1.165) is 5.56 Å². The van der Waals surface area contributed by atoms with Gasteiger partial charge in [-0.25, -0.2) is 14.6 Å². The summed E-state index contributed by atoms with van der Waals surface area (Å²) in [6.45, 7) is 1.47. The van der Waals surface area contributed by atoms with E-state index in [4.69, 9.17) is 9.84 Å². The molecule has 2 aromatic rings. The number of methoxy groups -OCH3 is 1. The summed E-state index contributed by atoms with van der Waals surface area (Å²) >= 11 is 1.22. The maximum Gasteiger partial charge on any atom is 0.349 e. The van der Waals surface area contributed by atoms with Crippen molar-refractivity contribution in [2.24, 2.45) is 0 Å². The van der Waals surface area contributed by atoms with Gasteiger partial charge >= 0.3 is 11.9 Å².